The highest BCUT2D eigenvalue weighted by Gasteiger charge is 2.30. The van der Waals surface area contributed by atoms with Gasteiger partial charge in [0.1, 0.15) is 11.4 Å². The fourth-order valence-electron chi connectivity index (χ4n) is 3.49. The van der Waals surface area contributed by atoms with Gasteiger partial charge in [0, 0.05) is 13.1 Å². The lowest BCUT2D eigenvalue weighted by Crippen LogP contribution is -2.31. The molecule has 2 N–H and O–H groups in total. The lowest BCUT2D eigenvalue weighted by molar-refractivity contribution is 0.0602. The van der Waals surface area contributed by atoms with Gasteiger partial charge in [0.25, 0.3) is 0 Å². The van der Waals surface area contributed by atoms with Crippen molar-refractivity contribution in [2.24, 2.45) is 0 Å². The monoisotopic (exact) mass is 292 g/mol. The zero-order valence-electron chi connectivity index (χ0n) is 12.7. The van der Waals surface area contributed by atoms with E-state index in [4.69, 9.17) is 15.6 Å². The number of nitrogens with two attached hydrogens (primary N) is 1. The molecule has 2 aliphatic rings. The summed E-state index contributed by atoms with van der Waals surface area (Å²) in [5.41, 5.74) is 6.69. The van der Waals surface area contributed by atoms with Gasteiger partial charge in [-0.15, -0.1) is 0 Å². The number of nitrogen functional groups attached to an aromatic ring is 1. The third-order valence-electron chi connectivity index (χ3n) is 4.64. The van der Waals surface area contributed by atoms with E-state index in [1.54, 1.807) is 0 Å². The van der Waals surface area contributed by atoms with E-state index in [1.807, 2.05) is 4.68 Å². The SMILES string of the molecule is COC(=O)c1c(N2CCCCC2)nn(C2CCCC2)c1N. The topological polar surface area (TPSA) is 73.4 Å². The third kappa shape index (κ3) is 2.59. The molecule has 1 aliphatic heterocycles. The van der Waals surface area contributed by atoms with Crippen molar-refractivity contribution in [2.45, 2.75) is 51.0 Å². The van der Waals surface area contributed by atoms with Gasteiger partial charge >= 0.3 is 5.97 Å². The normalized spacial score (nSPS) is 20.0. The molecule has 1 aromatic heterocycles. The van der Waals surface area contributed by atoms with Crippen molar-refractivity contribution in [1.82, 2.24) is 9.78 Å². The van der Waals surface area contributed by atoms with E-state index in [1.165, 1.54) is 26.4 Å². The number of ether oxygens (including phenoxy) is 1. The summed E-state index contributed by atoms with van der Waals surface area (Å²) in [5, 5.41) is 4.70. The standard InChI is InChI=1S/C15H24N4O2/c1-21-15(20)12-13(16)19(11-7-3-4-8-11)17-14(12)18-9-5-2-6-10-18/h11H,2-10,16H2,1H3. The van der Waals surface area contributed by atoms with Gasteiger partial charge in [0.2, 0.25) is 0 Å². The highest BCUT2D eigenvalue weighted by molar-refractivity contribution is 5.99. The van der Waals surface area contributed by atoms with Crippen molar-refractivity contribution in [3.8, 4) is 0 Å². The molecule has 0 bridgehead atoms. The van der Waals surface area contributed by atoms with E-state index in [9.17, 15) is 4.79 Å². The summed E-state index contributed by atoms with van der Waals surface area (Å²) in [5.74, 6) is 0.803. The first-order valence-electron chi connectivity index (χ1n) is 7.93. The van der Waals surface area contributed by atoms with Crippen LogP contribution in [0, 0.1) is 0 Å². The Morgan fingerprint density at radius 2 is 1.86 bits per heavy atom. The Labute approximate surface area is 125 Å². The number of piperidine rings is 1. The van der Waals surface area contributed by atoms with E-state index in [-0.39, 0.29) is 5.97 Å². The minimum atomic E-state index is -0.377. The first-order valence-corrected chi connectivity index (χ1v) is 7.93. The minimum absolute atomic E-state index is 0.326. The predicted molar refractivity (Wildman–Crippen MR) is 81.5 cm³/mol. The Morgan fingerprint density at radius 3 is 2.48 bits per heavy atom. The number of methoxy groups -OCH3 is 1. The molecule has 0 atom stereocenters. The third-order valence-corrected chi connectivity index (χ3v) is 4.64. The van der Waals surface area contributed by atoms with Gasteiger partial charge in [-0.3, -0.25) is 0 Å². The molecular formula is C15H24N4O2. The molecule has 1 saturated carbocycles. The van der Waals surface area contributed by atoms with E-state index < -0.39 is 0 Å². The van der Waals surface area contributed by atoms with Crippen LogP contribution in [0.4, 0.5) is 11.6 Å². The molecule has 2 heterocycles. The molecule has 0 spiro atoms. The first-order chi connectivity index (χ1) is 10.2. The smallest absolute Gasteiger partial charge is 0.345 e. The van der Waals surface area contributed by atoms with Crippen LogP contribution in [0.3, 0.4) is 0 Å². The van der Waals surface area contributed by atoms with Crippen molar-refractivity contribution in [2.75, 3.05) is 30.8 Å². The van der Waals surface area contributed by atoms with Crippen molar-refractivity contribution >= 4 is 17.6 Å². The van der Waals surface area contributed by atoms with Gasteiger partial charge < -0.3 is 15.4 Å². The Hall–Kier alpha value is -1.72. The lowest BCUT2D eigenvalue weighted by Gasteiger charge is -2.27. The van der Waals surface area contributed by atoms with Gasteiger partial charge in [0.15, 0.2) is 5.82 Å². The molecule has 1 saturated heterocycles. The predicted octanol–water partition coefficient (Wildman–Crippen LogP) is 2.36. The molecule has 0 amide bonds. The number of carbonyl (C=O) groups excluding carboxylic acids is 1. The average molecular weight is 292 g/mol. The molecule has 116 valence electrons. The maximum atomic E-state index is 12.1. The molecule has 6 heteroatoms. The van der Waals surface area contributed by atoms with Gasteiger partial charge in [0.05, 0.1) is 13.2 Å². The van der Waals surface area contributed by atoms with E-state index in [0.717, 1.165) is 38.8 Å². The summed E-state index contributed by atoms with van der Waals surface area (Å²) < 4.78 is 6.79. The zero-order chi connectivity index (χ0) is 14.8. The number of hydrogen-bond acceptors (Lipinski definition) is 5. The van der Waals surface area contributed by atoms with Crippen molar-refractivity contribution in [1.29, 1.82) is 0 Å². The van der Waals surface area contributed by atoms with Gasteiger partial charge in [-0.1, -0.05) is 12.8 Å². The second kappa shape index (κ2) is 5.95. The highest BCUT2D eigenvalue weighted by atomic mass is 16.5. The number of carbonyl (C=O) groups is 1. The molecule has 0 unspecified atom stereocenters. The molecule has 21 heavy (non-hydrogen) atoms. The fourth-order valence-corrected chi connectivity index (χ4v) is 3.49. The minimum Gasteiger partial charge on any atom is -0.465 e. The summed E-state index contributed by atoms with van der Waals surface area (Å²) in [4.78, 5) is 14.3. The van der Waals surface area contributed by atoms with E-state index >= 15 is 0 Å². The average Bonchev–Trinajstić information content (AvgIpc) is 3.15. The van der Waals surface area contributed by atoms with Crippen LogP contribution in [0.25, 0.3) is 0 Å². The summed E-state index contributed by atoms with van der Waals surface area (Å²) in [6.45, 7) is 1.87. The van der Waals surface area contributed by atoms with Crippen LogP contribution >= 0.6 is 0 Å². The molecule has 0 radical (unpaired) electrons. The second-order valence-electron chi connectivity index (χ2n) is 6.01. The van der Waals surface area contributed by atoms with E-state index in [2.05, 4.69) is 4.90 Å². The molecule has 0 aromatic carbocycles. The number of hydrogen-bond donors (Lipinski definition) is 1. The Bertz CT molecular complexity index is 514. The molecular weight excluding hydrogens is 268 g/mol. The fraction of sp³-hybridized carbons (Fsp3) is 0.733. The molecule has 1 aliphatic carbocycles. The number of rotatable bonds is 3. The zero-order valence-corrected chi connectivity index (χ0v) is 12.7. The maximum absolute atomic E-state index is 12.1. The number of nitrogens with zero attached hydrogens (tertiary/aromatic N) is 3. The number of anilines is 2. The quantitative estimate of drug-likeness (QED) is 0.866. The summed E-state index contributed by atoms with van der Waals surface area (Å²) in [6.07, 6.45) is 8.10. The van der Waals surface area contributed by atoms with Crippen LogP contribution in [0.1, 0.15) is 61.3 Å². The maximum Gasteiger partial charge on any atom is 0.345 e. The van der Waals surface area contributed by atoms with Gasteiger partial charge in [-0.2, -0.15) is 5.10 Å². The number of aromatic nitrogens is 2. The van der Waals surface area contributed by atoms with Crippen molar-refractivity contribution in [3.05, 3.63) is 5.56 Å². The molecule has 1 aromatic rings. The highest BCUT2D eigenvalue weighted by Crippen LogP contribution is 2.36. The van der Waals surface area contributed by atoms with Gasteiger partial charge in [-0.25, -0.2) is 9.48 Å². The molecule has 3 rings (SSSR count). The summed E-state index contributed by atoms with van der Waals surface area (Å²) >= 11 is 0. The lowest BCUT2D eigenvalue weighted by atomic mass is 10.1. The molecule has 6 nitrogen and oxygen atoms in total. The van der Waals surface area contributed by atoms with Crippen LogP contribution in [0.5, 0.6) is 0 Å². The van der Waals surface area contributed by atoms with Crippen LogP contribution < -0.4 is 10.6 Å². The number of esters is 1. The van der Waals surface area contributed by atoms with E-state index in [0.29, 0.717) is 23.2 Å². The Balaban J connectivity index is 1.99. The summed E-state index contributed by atoms with van der Waals surface area (Å²) in [7, 11) is 1.40. The van der Waals surface area contributed by atoms with Crippen molar-refractivity contribution < 1.29 is 9.53 Å². The first kappa shape index (κ1) is 14.2. The van der Waals surface area contributed by atoms with Gasteiger partial charge in [-0.05, 0) is 32.1 Å². The largest absolute Gasteiger partial charge is 0.465 e. The van der Waals surface area contributed by atoms with Crippen LogP contribution in [0.2, 0.25) is 0 Å². The van der Waals surface area contributed by atoms with Crippen LogP contribution in [0.15, 0.2) is 0 Å². The summed E-state index contributed by atoms with van der Waals surface area (Å²) in [6, 6.07) is 0.326. The van der Waals surface area contributed by atoms with Crippen molar-refractivity contribution in [3.63, 3.8) is 0 Å². The Morgan fingerprint density at radius 1 is 1.19 bits per heavy atom. The van der Waals surface area contributed by atoms with Crippen LogP contribution in [-0.2, 0) is 4.74 Å². The Kier molecular flexibility index (Phi) is 4.03. The molecule has 2 fully saturated rings. The van der Waals surface area contributed by atoms with Crippen LogP contribution in [-0.4, -0.2) is 35.9 Å². The second-order valence-corrected chi connectivity index (χ2v) is 6.01.